The van der Waals surface area contributed by atoms with E-state index in [0.29, 0.717) is 30.7 Å². The molecule has 0 spiro atoms. The van der Waals surface area contributed by atoms with Crippen LogP contribution in [0, 0.1) is 0 Å². The van der Waals surface area contributed by atoms with Crippen molar-refractivity contribution in [2.75, 3.05) is 0 Å². The molecule has 2 aromatic heterocycles. The van der Waals surface area contributed by atoms with Crippen molar-refractivity contribution in [1.29, 1.82) is 0 Å². The molecule has 0 saturated heterocycles. The minimum absolute atomic E-state index is 0.0319. The summed E-state index contributed by atoms with van der Waals surface area (Å²) in [5.41, 5.74) is 5.50. The number of rotatable bonds is 5. The largest absolute Gasteiger partial charge is 0.455 e. The van der Waals surface area contributed by atoms with E-state index in [0.717, 1.165) is 12.8 Å². The van der Waals surface area contributed by atoms with Crippen LogP contribution in [0.4, 0.5) is 0 Å². The first-order valence-electron chi connectivity index (χ1n) is 6.40. The Morgan fingerprint density at radius 1 is 1.42 bits per heavy atom. The third-order valence-electron chi connectivity index (χ3n) is 3.23. The highest BCUT2D eigenvalue weighted by atomic mass is 32.1. The molecule has 1 aliphatic rings. The second-order valence-corrected chi connectivity index (χ2v) is 5.75. The smallest absolute Gasteiger partial charge is 0.290 e. The molecule has 2 aromatic rings. The van der Waals surface area contributed by atoms with Crippen LogP contribution in [-0.2, 0) is 13.1 Å². The highest BCUT2D eigenvalue weighted by molar-refractivity contribution is 7.09. The molecule has 1 saturated carbocycles. The fourth-order valence-corrected chi connectivity index (χ4v) is 2.77. The molecule has 0 radical (unpaired) electrons. The van der Waals surface area contributed by atoms with Crippen LogP contribution < -0.4 is 5.73 Å². The minimum Gasteiger partial charge on any atom is -0.455 e. The molecule has 0 aliphatic heterocycles. The van der Waals surface area contributed by atoms with Gasteiger partial charge in [0.15, 0.2) is 5.76 Å². The van der Waals surface area contributed by atoms with E-state index in [1.165, 1.54) is 4.88 Å². The highest BCUT2D eigenvalue weighted by Crippen LogP contribution is 2.30. The van der Waals surface area contributed by atoms with Crippen LogP contribution in [0.15, 0.2) is 34.1 Å². The maximum atomic E-state index is 12.5. The molecule has 4 nitrogen and oxygen atoms in total. The number of amides is 1. The predicted molar refractivity (Wildman–Crippen MR) is 73.8 cm³/mol. The maximum absolute atomic E-state index is 12.5. The van der Waals surface area contributed by atoms with Gasteiger partial charge in [0.05, 0.1) is 13.1 Å². The lowest BCUT2D eigenvalue weighted by Gasteiger charge is -2.20. The van der Waals surface area contributed by atoms with E-state index in [1.54, 1.807) is 23.5 Å². The van der Waals surface area contributed by atoms with Crippen molar-refractivity contribution >= 4 is 17.2 Å². The molecule has 1 fully saturated rings. The fraction of sp³-hybridized carbons (Fsp3) is 0.357. The van der Waals surface area contributed by atoms with Gasteiger partial charge in [0.2, 0.25) is 0 Å². The van der Waals surface area contributed by atoms with Crippen LogP contribution in [0.25, 0.3) is 0 Å². The Morgan fingerprint density at radius 3 is 2.84 bits per heavy atom. The summed E-state index contributed by atoms with van der Waals surface area (Å²) in [5.74, 6) is 1.01. The first-order chi connectivity index (χ1) is 9.28. The number of thiophene rings is 1. The van der Waals surface area contributed by atoms with E-state index in [2.05, 4.69) is 6.07 Å². The van der Waals surface area contributed by atoms with Crippen molar-refractivity contribution in [1.82, 2.24) is 4.90 Å². The summed E-state index contributed by atoms with van der Waals surface area (Å²) in [6, 6.07) is 7.91. The van der Waals surface area contributed by atoms with Gasteiger partial charge in [0, 0.05) is 10.9 Å². The van der Waals surface area contributed by atoms with Gasteiger partial charge in [-0.1, -0.05) is 6.07 Å². The molecule has 19 heavy (non-hydrogen) atoms. The molecule has 100 valence electrons. The number of carbonyl (C=O) groups is 1. The number of nitrogens with zero attached hydrogens (tertiary/aromatic N) is 1. The lowest BCUT2D eigenvalue weighted by atomic mass is 10.3. The third kappa shape index (κ3) is 2.72. The average Bonchev–Trinajstić information content (AvgIpc) is 2.95. The summed E-state index contributed by atoms with van der Waals surface area (Å²) in [7, 11) is 0. The van der Waals surface area contributed by atoms with Crippen molar-refractivity contribution < 1.29 is 9.21 Å². The SMILES string of the molecule is NCc1ccc(C(=O)N(Cc2cccs2)C2CC2)o1. The van der Waals surface area contributed by atoms with Crippen LogP contribution in [0.2, 0.25) is 0 Å². The Bertz CT molecular complexity index is 558. The molecular formula is C14H16N2O2S. The summed E-state index contributed by atoms with van der Waals surface area (Å²) in [5, 5.41) is 2.03. The van der Waals surface area contributed by atoms with Crippen LogP contribution in [0.5, 0.6) is 0 Å². The van der Waals surface area contributed by atoms with E-state index >= 15 is 0 Å². The Balaban J connectivity index is 1.77. The zero-order valence-corrected chi connectivity index (χ0v) is 11.4. The van der Waals surface area contributed by atoms with Gasteiger partial charge in [0.1, 0.15) is 5.76 Å². The first-order valence-corrected chi connectivity index (χ1v) is 7.28. The lowest BCUT2D eigenvalue weighted by Crippen LogP contribution is -2.32. The molecule has 1 aliphatic carbocycles. The lowest BCUT2D eigenvalue weighted by molar-refractivity contribution is 0.0697. The van der Waals surface area contributed by atoms with Gasteiger partial charge >= 0.3 is 0 Å². The second-order valence-electron chi connectivity index (χ2n) is 4.71. The van der Waals surface area contributed by atoms with E-state index in [4.69, 9.17) is 10.2 Å². The van der Waals surface area contributed by atoms with Crippen LogP contribution in [0.1, 0.15) is 34.0 Å². The van der Waals surface area contributed by atoms with Crippen molar-refractivity contribution in [3.8, 4) is 0 Å². The highest BCUT2D eigenvalue weighted by Gasteiger charge is 2.34. The first kappa shape index (κ1) is 12.4. The molecule has 2 heterocycles. The number of hydrogen-bond acceptors (Lipinski definition) is 4. The zero-order chi connectivity index (χ0) is 13.2. The average molecular weight is 276 g/mol. The monoisotopic (exact) mass is 276 g/mol. The molecule has 0 atom stereocenters. The Morgan fingerprint density at radius 2 is 2.26 bits per heavy atom. The molecule has 0 bridgehead atoms. The molecule has 2 N–H and O–H groups in total. The Kier molecular flexibility index (Phi) is 3.40. The van der Waals surface area contributed by atoms with Crippen LogP contribution >= 0.6 is 11.3 Å². The zero-order valence-electron chi connectivity index (χ0n) is 10.5. The maximum Gasteiger partial charge on any atom is 0.290 e. The molecule has 3 rings (SSSR count). The fourth-order valence-electron chi connectivity index (χ4n) is 2.07. The molecule has 1 amide bonds. The van der Waals surface area contributed by atoms with Gasteiger partial charge in [-0.05, 0) is 36.4 Å². The van der Waals surface area contributed by atoms with Gasteiger partial charge in [-0.15, -0.1) is 11.3 Å². The topological polar surface area (TPSA) is 59.5 Å². The predicted octanol–water partition coefficient (Wildman–Crippen LogP) is 2.60. The van der Waals surface area contributed by atoms with E-state index in [-0.39, 0.29) is 5.91 Å². The third-order valence-corrected chi connectivity index (χ3v) is 4.09. The van der Waals surface area contributed by atoms with E-state index in [9.17, 15) is 4.79 Å². The van der Waals surface area contributed by atoms with Crippen molar-refractivity contribution in [3.63, 3.8) is 0 Å². The summed E-state index contributed by atoms with van der Waals surface area (Å²) < 4.78 is 5.46. The van der Waals surface area contributed by atoms with Gasteiger partial charge in [-0.2, -0.15) is 0 Å². The minimum atomic E-state index is -0.0319. The van der Waals surface area contributed by atoms with Crippen molar-refractivity contribution in [3.05, 3.63) is 46.0 Å². The quantitative estimate of drug-likeness (QED) is 0.913. The van der Waals surface area contributed by atoms with Crippen LogP contribution in [-0.4, -0.2) is 16.8 Å². The van der Waals surface area contributed by atoms with E-state index < -0.39 is 0 Å². The van der Waals surface area contributed by atoms with Gasteiger partial charge < -0.3 is 15.1 Å². The van der Waals surface area contributed by atoms with Gasteiger partial charge in [-0.25, -0.2) is 0 Å². The number of hydrogen-bond donors (Lipinski definition) is 1. The molecule has 0 unspecified atom stereocenters. The van der Waals surface area contributed by atoms with Crippen molar-refractivity contribution in [2.45, 2.75) is 32.0 Å². The molecule has 0 aromatic carbocycles. The summed E-state index contributed by atoms with van der Waals surface area (Å²) in [6.07, 6.45) is 2.17. The number of nitrogens with two attached hydrogens (primary N) is 1. The normalized spacial score (nSPS) is 14.6. The Labute approximate surface area is 115 Å². The Hall–Kier alpha value is -1.59. The molecule has 5 heteroatoms. The molecular weight excluding hydrogens is 260 g/mol. The van der Waals surface area contributed by atoms with Crippen LogP contribution in [0.3, 0.4) is 0 Å². The van der Waals surface area contributed by atoms with Crippen molar-refractivity contribution in [2.24, 2.45) is 5.73 Å². The standard InChI is InChI=1S/C14H16N2O2S/c15-8-11-5-6-13(18-11)14(17)16(10-3-4-10)9-12-2-1-7-19-12/h1-2,5-7,10H,3-4,8-9,15H2. The number of furan rings is 1. The van der Waals surface area contributed by atoms with Gasteiger partial charge in [0.25, 0.3) is 5.91 Å². The van der Waals surface area contributed by atoms with Gasteiger partial charge in [-0.3, -0.25) is 4.79 Å². The second kappa shape index (κ2) is 5.19. The van der Waals surface area contributed by atoms with E-state index in [1.807, 2.05) is 16.3 Å². The summed E-state index contributed by atoms with van der Waals surface area (Å²) >= 11 is 1.67. The summed E-state index contributed by atoms with van der Waals surface area (Å²) in [4.78, 5) is 15.6. The number of carbonyl (C=O) groups excluding carboxylic acids is 1. The summed E-state index contributed by atoms with van der Waals surface area (Å²) in [6.45, 7) is 0.988.